The first-order valence-corrected chi connectivity index (χ1v) is 7.67. The van der Waals surface area contributed by atoms with Crippen molar-refractivity contribution in [3.05, 3.63) is 59.7 Å². The number of hydrogen-bond acceptors (Lipinski definition) is 4. The third-order valence-corrected chi connectivity index (χ3v) is 4.34. The van der Waals surface area contributed by atoms with Gasteiger partial charge in [-0.2, -0.15) is 0 Å². The molecule has 0 amide bonds. The summed E-state index contributed by atoms with van der Waals surface area (Å²) in [5.74, 6) is -1.91. The normalized spacial score (nSPS) is 11.5. The summed E-state index contributed by atoms with van der Waals surface area (Å²) in [4.78, 5) is -0.769. The van der Waals surface area contributed by atoms with Crippen LogP contribution in [0.5, 0.6) is 0 Å². The standard InChI is InChI=1S/C13H12BF2NO4S/c15-11-5-6-12(16)13(7-11)22(20,21)17-8-9-1-3-10(4-2-9)14(18)19/h1-7,17-19H,8H2. The molecule has 0 saturated carbocycles. The van der Waals surface area contributed by atoms with Crippen molar-refractivity contribution in [3.63, 3.8) is 0 Å². The fourth-order valence-electron chi connectivity index (χ4n) is 1.75. The van der Waals surface area contributed by atoms with Gasteiger partial charge in [0.2, 0.25) is 10.0 Å². The van der Waals surface area contributed by atoms with Crippen LogP contribution in [0.3, 0.4) is 0 Å². The Morgan fingerprint density at radius 1 is 1.05 bits per heavy atom. The Morgan fingerprint density at radius 2 is 1.68 bits per heavy atom. The van der Waals surface area contributed by atoms with Crippen molar-refractivity contribution < 1.29 is 27.2 Å². The van der Waals surface area contributed by atoms with Crippen LogP contribution in [-0.2, 0) is 16.6 Å². The molecule has 22 heavy (non-hydrogen) atoms. The number of sulfonamides is 1. The molecule has 116 valence electrons. The van der Waals surface area contributed by atoms with E-state index in [1.165, 1.54) is 24.3 Å². The average Bonchev–Trinajstić information content (AvgIpc) is 2.48. The van der Waals surface area contributed by atoms with Crippen molar-refractivity contribution in [2.75, 3.05) is 0 Å². The van der Waals surface area contributed by atoms with Gasteiger partial charge in [0.25, 0.3) is 0 Å². The van der Waals surface area contributed by atoms with E-state index in [4.69, 9.17) is 10.0 Å². The van der Waals surface area contributed by atoms with Crippen LogP contribution >= 0.6 is 0 Å². The van der Waals surface area contributed by atoms with Gasteiger partial charge in [-0.15, -0.1) is 0 Å². The molecule has 0 atom stereocenters. The maximum atomic E-state index is 13.5. The topological polar surface area (TPSA) is 86.6 Å². The molecule has 2 aromatic carbocycles. The monoisotopic (exact) mass is 327 g/mol. The lowest BCUT2D eigenvalue weighted by Gasteiger charge is -2.08. The second-order valence-corrected chi connectivity index (χ2v) is 6.25. The Balaban J connectivity index is 2.14. The van der Waals surface area contributed by atoms with Gasteiger partial charge < -0.3 is 10.0 Å². The Kier molecular flexibility index (Phi) is 4.92. The Labute approximate surface area is 126 Å². The van der Waals surface area contributed by atoms with Crippen LogP contribution in [0.25, 0.3) is 0 Å². The van der Waals surface area contributed by atoms with Crippen molar-refractivity contribution in [2.45, 2.75) is 11.4 Å². The maximum absolute atomic E-state index is 13.5. The fraction of sp³-hybridized carbons (Fsp3) is 0.0769. The minimum atomic E-state index is -4.20. The molecule has 0 heterocycles. The first-order chi connectivity index (χ1) is 10.3. The molecular formula is C13H12BF2NO4S. The summed E-state index contributed by atoms with van der Waals surface area (Å²) < 4.78 is 52.6. The minimum absolute atomic E-state index is 0.153. The molecule has 2 aromatic rings. The number of hydrogen-bond donors (Lipinski definition) is 3. The number of rotatable bonds is 5. The predicted molar refractivity (Wildman–Crippen MR) is 76.7 cm³/mol. The number of nitrogens with one attached hydrogen (secondary N) is 1. The molecule has 0 aromatic heterocycles. The van der Waals surface area contributed by atoms with E-state index in [1.54, 1.807) is 0 Å². The van der Waals surface area contributed by atoms with Crippen LogP contribution < -0.4 is 10.2 Å². The smallest absolute Gasteiger partial charge is 0.423 e. The zero-order chi connectivity index (χ0) is 16.3. The van der Waals surface area contributed by atoms with Crippen molar-refractivity contribution in [1.82, 2.24) is 4.72 Å². The molecule has 0 unspecified atom stereocenters. The highest BCUT2D eigenvalue weighted by Gasteiger charge is 2.19. The molecule has 0 radical (unpaired) electrons. The highest BCUT2D eigenvalue weighted by Crippen LogP contribution is 2.16. The van der Waals surface area contributed by atoms with Crippen molar-refractivity contribution in [3.8, 4) is 0 Å². The fourth-order valence-corrected chi connectivity index (χ4v) is 2.85. The molecule has 0 fully saturated rings. The van der Waals surface area contributed by atoms with E-state index in [2.05, 4.69) is 4.72 Å². The Hall–Kier alpha value is -1.81. The van der Waals surface area contributed by atoms with Gasteiger partial charge in [-0.05, 0) is 29.2 Å². The molecule has 0 saturated heterocycles. The Bertz CT molecular complexity index is 766. The third-order valence-electron chi connectivity index (χ3n) is 2.93. The van der Waals surface area contributed by atoms with E-state index in [9.17, 15) is 17.2 Å². The summed E-state index contributed by atoms with van der Waals surface area (Å²) in [5, 5.41) is 17.9. The van der Waals surface area contributed by atoms with Crippen molar-refractivity contribution in [2.24, 2.45) is 0 Å². The van der Waals surface area contributed by atoms with Gasteiger partial charge in [-0.3, -0.25) is 0 Å². The van der Waals surface area contributed by atoms with Gasteiger partial charge in [0, 0.05) is 6.54 Å². The highest BCUT2D eigenvalue weighted by atomic mass is 32.2. The van der Waals surface area contributed by atoms with Crippen LogP contribution in [-0.4, -0.2) is 25.6 Å². The predicted octanol–water partition coefficient (Wildman–Crippen LogP) is 0.123. The largest absolute Gasteiger partial charge is 0.488 e. The van der Waals surface area contributed by atoms with Gasteiger partial charge in [-0.25, -0.2) is 21.9 Å². The van der Waals surface area contributed by atoms with Gasteiger partial charge in [-0.1, -0.05) is 24.3 Å². The zero-order valence-electron chi connectivity index (χ0n) is 11.2. The maximum Gasteiger partial charge on any atom is 0.488 e. The summed E-state index contributed by atoms with van der Waals surface area (Å²) in [6.07, 6.45) is 0. The molecule has 2 rings (SSSR count). The molecule has 0 aliphatic rings. The second-order valence-electron chi connectivity index (χ2n) is 4.51. The van der Waals surface area contributed by atoms with E-state index >= 15 is 0 Å². The van der Waals surface area contributed by atoms with Crippen molar-refractivity contribution >= 4 is 22.6 Å². The lowest BCUT2D eigenvalue weighted by atomic mass is 9.80. The van der Waals surface area contributed by atoms with E-state index in [1.807, 2.05) is 0 Å². The molecule has 0 bridgehead atoms. The lowest BCUT2D eigenvalue weighted by molar-refractivity contribution is 0.425. The van der Waals surface area contributed by atoms with Gasteiger partial charge >= 0.3 is 7.12 Å². The summed E-state index contributed by atoms with van der Waals surface area (Å²) in [6.45, 7) is -0.153. The molecule has 0 aliphatic carbocycles. The SMILES string of the molecule is O=S(=O)(NCc1ccc(B(O)O)cc1)c1cc(F)ccc1F. The number of halogens is 2. The third kappa shape index (κ3) is 3.89. The minimum Gasteiger partial charge on any atom is -0.423 e. The van der Waals surface area contributed by atoms with Crippen LogP contribution in [0.15, 0.2) is 47.4 Å². The number of benzene rings is 2. The first-order valence-electron chi connectivity index (χ1n) is 6.19. The Morgan fingerprint density at radius 3 is 2.27 bits per heavy atom. The van der Waals surface area contributed by atoms with E-state index in [0.717, 1.165) is 12.1 Å². The van der Waals surface area contributed by atoms with Crippen LogP contribution in [0.4, 0.5) is 8.78 Å². The molecule has 3 N–H and O–H groups in total. The van der Waals surface area contributed by atoms with Gasteiger partial charge in [0.15, 0.2) is 0 Å². The zero-order valence-corrected chi connectivity index (χ0v) is 12.0. The van der Waals surface area contributed by atoms with Gasteiger partial charge in [0.1, 0.15) is 16.5 Å². The van der Waals surface area contributed by atoms with E-state index in [-0.39, 0.29) is 12.0 Å². The second kappa shape index (κ2) is 6.53. The lowest BCUT2D eigenvalue weighted by Crippen LogP contribution is -2.30. The summed E-state index contributed by atoms with van der Waals surface area (Å²) in [6, 6.07) is 7.96. The highest BCUT2D eigenvalue weighted by molar-refractivity contribution is 7.89. The summed E-state index contributed by atoms with van der Waals surface area (Å²) in [5.41, 5.74) is 0.771. The van der Waals surface area contributed by atoms with Crippen LogP contribution in [0, 0.1) is 11.6 Å². The summed E-state index contributed by atoms with van der Waals surface area (Å²) >= 11 is 0. The van der Waals surface area contributed by atoms with Crippen LogP contribution in [0.2, 0.25) is 0 Å². The quantitative estimate of drug-likeness (QED) is 0.681. The van der Waals surface area contributed by atoms with Gasteiger partial charge in [0.05, 0.1) is 0 Å². The summed E-state index contributed by atoms with van der Waals surface area (Å²) in [7, 11) is -5.82. The molecular weight excluding hydrogens is 315 g/mol. The molecule has 0 spiro atoms. The molecule has 0 aliphatic heterocycles. The average molecular weight is 327 g/mol. The first kappa shape index (κ1) is 16.6. The van der Waals surface area contributed by atoms with Crippen molar-refractivity contribution in [1.29, 1.82) is 0 Å². The van der Waals surface area contributed by atoms with E-state index in [0.29, 0.717) is 11.6 Å². The molecule has 5 nitrogen and oxygen atoms in total. The van der Waals surface area contributed by atoms with E-state index < -0.39 is 33.7 Å². The molecule has 9 heteroatoms. The van der Waals surface area contributed by atoms with Crippen LogP contribution in [0.1, 0.15) is 5.56 Å².